The van der Waals surface area contributed by atoms with Crippen LogP contribution in [-0.4, -0.2) is 28.9 Å². The standard InChI is InChI=1S/C9H7NO6/c11-4-6-2-1-3-7(10(14)15)9(6)16-5-8(12)13/h1-4H,5H2,(H,12,13). The van der Waals surface area contributed by atoms with Crippen molar-refractivity contribution in [3.63, 3.8) is 0 Å². The van der Waals surface area contributed by atoms with Crippen LogP contribution in [0.2, 0.25) is 0 Å². The van der Waals surface area contributed by atoms with Crippen LogP contribution in [0, 0.1) is 10.1 Å². The predicted octanol–water partition coefficient (Wildman–Crippen LogP) is 0.871. The van der Waals surface area contributed by atoms with Crippen LogP contribution in [-0.2, 0) is 4.79 Å². The first kappa shape index (κ1) is 11.6. The molecule has 84 valence electrons. The van der Waals surface area contributed by atoms with E-state index in [2.05, 4.69) is 0 Å². The van der Waals surface area contributed by atoms with Crippen LogP contribution in [0.25, 0.3) is 0 Å². The third-order valence-corrected chi connectivity index (χ3v) is 1.69. The highest BCUT2D eigenvalue weighted by Gasteiger charge is 2.19. The topological polar surface area (TPSA) is 107 Å². The molecule has 0 fully saturated rings. The second-order valence-corrected chi connectivity index (χ2v) is 2.75. The highest BCUT2D eigenvalue weighted by molar-refractivity contribution is 5.82. The molecule has 1 N–H and O–H groups in total. The van der Waals surface area contributed by atoms with Crippen molar-refractivity contribution in [2.24, 2.45) is 0 Å². The minimum absolute atomic E-state index is 0.0598. The number of para-hydroxylation sites is 1. The van der Waals surface area contributed by atoms with Gasteiger partial charge in [0.2, 0.25) is 5.75 Å². The lowest BCUT2D eigenvalue weighted by atomic mass is 10.2. The number of rotatable bonds is 5. The molecule has 0 unspecified atom stereocenters. The molecule has 0 amide bonds. The van der Waals surface area contributed by atoms with Gasteiger partial charge >= 0.3 is 11.7 Å². The third kappa shape index (κ3) is 2.53. The molecular formula is C9H7NO6. The Morgan fingerprint density at radius 2 is 2.25 bits per heavy atom. The van der Waals surface area contributed by atoms with E-state index in [4.69, 9.17) is 9.84 Å². The highest BCUT2D eigenvalue weighted by atomic mass is 16.6. The van der Waals surface area contributed by atoms with Gasteiger partial charge in [-0.25, -0.2) is 4.79 Å². The Bertz CT molecular complexity index is 442. The Balaban J connectivity index is 3.14. The van der Waals surface area contributed by atoms with E-state index in [1.165, 1.54) is 12.1 Å². The summed E-state index contributed by atoms with van der Waals surface area (Å²) in [6, 6.07) is 3.75. The number of carboxylic acid groups (broad SMARTS) is 1. The Morgan fingerprint density at radius 1 is 1.56 bits per heavy atom. The van der Waals surface area contributed by atoms with E-state index in [0.29, 0.717) is 6.29 Å². The molecule has 0 saturated carbocycles. The molecule has 0 atom stereocenters. The number of nitro benzene ring substituents is 1. The maximum absolute atomic E-state index is 10.6. The van der Waals surface area contributed by atoms with Crippen molar-refractivity contribution in [3.8, 4) is 5.75 Å². The number of carboxylic acids is 1. The van der Waals surface area contributed by atoms with Gasteiger partial charge in [-0.3, -0.25) is 14.9 Å². The van der Waals surface area contributed by atoms with Gasteiger partial charge < -0.3 is 9.84 Å². The molecule has 0 bridgehead atoms. The smallest absolute Gasteiger partial charge is 0.341 e. The van der Waals surface area contributed by atoms with Gasteiger partial charge in [-0.1, -0.05) is 6.07 Å². The van der Waals surface area contributed by atoms with Gasteiger partial charge in [-0.05, 0) is 6.07 Å². The second kappa shape index (κ2) is 4.87. The number of aldehydes is 1. The largest absolute Gasteiger partial charge is 0.479 e. The fraction of sp³-hybridized carbons (Fsp3) is 0.111. The SMILES string of the molecule is O=Cc1cccc([N+](=O)[O-])c1OCC(=O)O. The predicted molar refractivity (Wildman–Crippen MR) is 51.6 cm³/mol. The van der Waals surface area contributed by atoms with Crippen LogP contribution in [0.3, 0.4) is 0 Å². The van der Waals surface area contributed by atoms with Crippen molar-refractivity contribution >= 4 is 17.9 Å². The molecule has 0 aliphatic carbocycles. The quantitative estimate of drug-likeness (QED) is 0.452. The van der Waals surface area contributed by atoms with Crippen molar-refractivity contribution in [2.45, 2.75) is 0 Å². The average molecular weight is 225 g/mol. The van der Waals surface area contributed by atoms with E-state index >= 15 is 0 Å². The highest BCUT2D eigenvalue weighted by Crippen LogP contribution is 2.29. The van der Waals surface area contributed by atoms with E-state index in [1.807, 2.05) is 0 Å². The third-order valence-electron chi connectivity index (χ3n) is 1.69. The molecule has 0 saturated heterocycles. The van der Waals surface area contributed by atoms with Crippen molar-refractivity contribution in [1.82, 2.24) is 0 Å². The molecule has 1 aromatic rings. The summed E-state index contributed by atoms with van der Waals surface area (Å²) in [6.45, 7) is -0.744. The van der Waals surface area contributed by atoms with Gasteiger partial charge in [-0.2, -0.15) is 0 Å². The number of hydrogen-bond donors (Lipinski definition) is 1. The van der Waals surface area contributed by atoms with Crippen LogP contribution < -0.4 is 4.74 Å². The van der Waals surface area contributed by atoms with Gasteiger partial charge in [0.1, 0.15) is 0 Å². The average Bonchev–Trinajstić information content (AvgIpc) is 2.25. The summed E-state index contributed by atoms with van der Waals surface area (Å²) in [5.41, 5.74) is -0.499. The van der Waals surface area contributed by atoms with Crippen LogP contribution in [0.4, 0.5) is 5.69 Å². The van der Waals surface area contributed by atoms with Gasteiger partial charge in [0.25, 0.3) is 0 Å². The number of hydrogen-bond acceptors (Lipinski definition) is 5. The zero-order chi connectivity index (χ0) is 12.1. The van der Waals surface area contributed by atoms with Crippen molar-refractivity contribution in [1.29, 1.82) is 0 Å². The number of nitrogens with zero attached hydrogens (tertiary/aromatic N) is 1. The summed E-state index contributed by atoms with van der Waals surface area (Å²) in [5.74, 6) is -1.61. The molecule has 0 radical (unpaired) electrons. The Hall–Kier alpha value is -2.44. The minimum atomic E-state index is -1.28. The summed E-state index contributed by atoms with van der Waals surface area (Å²) >= 11 is 0. The van der Waals surface area contributed by atoms with Gasteiger partial charge in [0.05, 0.1) is 10.5 Å². The Labute approximate surface area is 89.4 Å². The van der Waals surface area contributed by atoms with Crippen molar-refractivity contribution in [2.75, 3.05) is 6.61 Å². The van der Waals surface area contributed by atoms with Gasteiger partial charge in [-0.15, -0.1) is 0 Å². The van der Waals surface area contributed by atoms with E-state index in [9.17, 15) is 19.7 Å². The van der Waals surface area contributed by atoms with Gasteiger partial charge in [0.15, 0.2) is 12.9 Å². The number of ether oxygens (including phenoxy) is 1. The molecule has 7 nitrogen and oxygen atoms in total. The van der Waals surface area contributed by atoms with Crippen LogP contribution in [0.1, 0.15) is 10.4 Å². The monoisotopic (exact) mass is 225 g/mol. The zero-order valence-corrected chi connectivity index (χ0v) is 7.95. The number of carbonyl (C=O) groups is 2. The first-order chi connectivity index (χ1) is 7.56. The Morgan fingerprint density at radius 3 is 2.75 bits per heavy atom. The maximum atomic E-state index is 10.6. The molecular weight excluding hydrogens is 218 g/mol. The molecule has 16 heavy (non-hydrogen) atoms. The molecule has 0 aliphatic rings. The summed E-state index contributed by atoms with van der Waals surface area (Å²) in [6.07, 6.45) is 0.365. The first-order valence-electron chi connectivity index (χ1n) is 4.13. The van der Waals surface area contributed by atoms with E-state index in [-0.39, 0.29) is 11.3 Å². The minimum Gasteiger partial charge on any atom is -0.479 e. The molecule has 0 spiro atoms. The van der Waals surface area contributed by atoms with Crippen LogP contribution in [0.5, 0.6) is 5.75 Å². The number of carbonyl (C=O) groups excluding carboxylic acids is 1. The van der Waals surface area contributed by atoms with Crippen LogP contribution in [0.15, 0.2) is 18.2 Å². The summed E-state index contributed by atoms with van der Waals surface area (Å²) < 4.78 is 4.71. The van der Waals surface area contributed by atoms with E-state index in [0.717, 1.165) is 6.07 Å². The van der Waals surface area contributed by atoms with Crippen LogP contribution >= 0.6 is 0 Å². The normalized spacial score (nSPS) is 9.50. The maximum Gasteiger partial charge on any atom is 0.341 e. The molecule has 7 heteroatoms. The van der Waals surface area contributed by atoms with Crippen molar-refractivity contribution in [3.05, 3.63) is 33.9 Å². The van der Waals surface area contributed by atoms with Gasteiger partial charge in [0, 0.05) is 6.07 Å². The lowest BCUT2D eigenvalue weighted by molar-refractivity contribution is -0.385. The lowest BCUT2D eigenvalue weighted by Gasteiger charge is -2.05. The van der Waals surface area contributed by atoms with Crippen molar-refractivity contribution < 1.29 is 24.4 Å². The zero-order valence-electron chi connectivity index (χ0n) is 7.95. The summed E-state index contributed by atoms with van der Waals surface area (Å²) in [7, 11) is 0. The summed E-state index contributed by atoms with van der Waals surface area (Å²) in [4.78, 5) is 30.7. The summed E-state index contributed by atoms with van der Waals surface area (Å²) in [5, 5.41) is 19.0. The molecule has 1 aromatic carbocycles. The molecule has 0 aromatic heterocycles. The molecule has 0 heterocycles. The number of aliphatic carboxylic acids is 1. The second-order valence-electron chi connectivity index (χ2n) is 2.75. The number of benzene rings is 1. The Kier molecular flexibility index (Phi) is 3.54. The van der Waals surface area contributed by atoms with E-state index in [1.54, 1.807) is 0 Å². The fourth-order valence-electron chi connectivity index (χ4n) is 1.07. The first-order valence-corrected chi connectivity index (χ1v) is 4.13. The fourth-order valence-corrected chi connectivity index (χ4v) is 1.07. The number of nitro groups is 1. The van der Waals surface area contributed by atoms with E-state index < -0.39 is 23.2 Å². The lowest BCUT2D eigenvalue weighted by Crippen LogP contribution is -2.11. The molecule has 0 aliphatic heterocycles. The molecule has 1 rings (SSSR count).